The van der Waals surface area contributed by atoms with Crippen LogP contribution in [0.15, 0.2) is 17.4 Å². The maximum absolute atomic E-state index is 11.3. The van der Waals surface area contributed by atoms with E-state index < -0.39 is 0 Å². The highest BCUT2D eigenvalue weighted by Crippen LogP contribution is 2.31. The Hall–Kier alpha value is -2.88. The molecule has 1 saturated heterocycles. The normalized spacial score (nSPS) is 17.8. The second-order valence-electron chi connectivity index (χ2n) is 8.42. The van der Waals surface area contributed by atoms with Crippen molar-refractivity contribution in [2.24, 2.45) is 16.8 Å². The number of carbonyl (C=O) groups excluding carboxylic acids is 1. The van der Waals surface area contributed by atoms with Crippen molar-refractivity contribution < 1.29 is 9.53 Å². The zero-order chi connectivity index (χ0) is 21.3. The van der Waals surface area contributed by atoms with Crippen molar-refractivity contribution in [1.82, 2.24) is 19.5 Å². The first kappa shape index (κ1) is 20.8. The van der Waals surface area contributed by atoms with Crippen molar-refractivity contribution >= 4 is 28.7 Å². The van der Waals surface area contributed by atoms with Gasteiger partial charge in [0.1, 0.15) is 23.4 Å². The molecule has 2 aromatic rings. The van der Waals surface area contributed by atoms with Crippen molar-refractivity contribution in [3.63, 3.8) is 0 Å². The first-order chi connectivity index (χ1) is 13.6. The first-order valence-corrected chi connectivity index (χ1v) is 9.65. The van der Waals surface area contributed by atoms with Crippen molar-refractivity contribution in [3.05, 3.63) is 18.1 Å². The molecule has 0 amide bonds. The lowest BCUT2D eigenvalue weighted by Crippen LogP contribution is -2.36. The summed E-state index contributed by atoms with van der Waals surface area (Å²) in [6, 6.07) is 1.99. The van der Waals surface area contributed by atoms with Gasteiger partial charge in [0, 0.05) is 38.5 Å². The van der Waals surface area contributed by atoms with E-state index in [1.165, 1.54) is 11.9 Å². The van der Waals surface area contributed by atoms with E-state index in [1.807, 2.05) is 16.8 Å². The second-order valence-corrected chi connectivity index (χ2v) is 8.42. The number of esters is 1. The van der Waals surface area contributed by atoms with Crippen LogP contribution in [0.25, 0.3) is 11.0 Å². The highest BCUT2D eigenvalue weighted by molar-refractivity contribution is 5.90. The number of anilines is 1. The molecule has 10 nitrogen and oxygen atoms in total. The van der Waals surface area contributed by atoms with Crippen LogP contribution < -0.4 is 16.6 Å². The van der Waals surface area contributed by atoms with Crippen LogP contribution in [0.1, 0.15) is 39.9 Å². The summed E-state index contributed by atoms with van der Waals surface area (Å²) < 4.78 is 7.36. The molecule has 158 valence electrons. The largest absolute Gasteiger partial charge is 0.461 e. The molecule has 0 aromatic carbocycles. The Morgan fingerprint density at radius 3 is 2.72 bits per heavy atom. The van der Waals surface area contributed by atoms with Crippen LogP contribution in [0.4, 0.5) is 5.82 Å². The topological polar surface area (TPSA) is 128 Å². The molecule has 0 bridgehead atoms. The monoisotopic (exact) mass is 402 g/mol. The molecule has 0 spiro atoms. The molecular weight excluding hydrogens is 372 g/mol. The van der Waals surface area contributed by atoms with E-state index in [1.54, 1.807) is 7.05 Å². The zero-order valence-corrected chi connectivity index (χ0v) is 17.7. The summed E-state index contributed by atoms with van der Waals surface area (Å²) in [5, 5.41) is 6.09. The van der Waals surface area contributed by atoms with Crippen molar-refractivity contribution in [2.75, 3.05) is 25.0 Å². The van der Waals surface area contributed by atoms with Gasteiger partial charge >= 0.3 is 5.97 Å². The highest BCUT2D eigenvalue weighted by Gasteiger charge is 2.29. The molecule has 0 radical (unpaired) electrons. The zero-order valence-electron chi connectivity index (χ0n) is 17.7. The average molecular weight is 403 g/mol. The predicted octanol–water partition coefficient (Wildman–Crippen LogP) is 0.948. The van der Waals surface area contributed by atoms with Crippen LogP contribution in [0, 0.1) is 0 Å². The molecule has 0 saturated carbocycles. The molecule has 1 aliphatic heterocycles. The SMILES string of the molecule is CC(=O)OC1CCN(c2nc(C(C)(C)C)nc3c2ccn3C/C(=N/N)N(C)N)C1. The number of hydrazine groups is 1. The predicted molar refractivity (Wildman–Crippen MR) is 112 cm³/mol. The lowest BCUT2D eigenvalue weighted by molar-refractivity contribution is -0.145. The van der Waals surface area contributed by atoms with Crippen LogP contribution in [-0.4, -0.2) is 57.6 Å². The van der Waals surface area contributed by atoms with Gasteiger partial charge in [0.15, 0.2) is 5.84 Å². The molecule has 3 rings (SSSR count). The summed E-state index contributed by atoms with van der Waals surface area (Å²) in [6.07, 6.45) is 2.59. The Morgan fingerprint density at radius 2 is 2.14 bits per heavy atom. The van der Waals surface area contributed by atoms with E-state index in [2.05, 4.69) is 30.8 Å². The van der Waals surface area contributed by atoms with Gasteiger partial charge in [-0.15, -0.1) is 0 Å². The van der Waals surface area contributed by atoms with E-state index in [9.17, 15) is 4.79 Å². The summed E-state index contributed by atoms with van der Waals surface area (Å²) in [6.45, 7) is 9.45. The minimum atomic E-state index is -0.259. The molecule has 4 N–H and O–H groups in total. The second kappa shape index (κ2) is 7.86. The van der Waals surface area contributed by atoms with Gasteiger partial charge in [-0.25, -0.2) is 15.8 Å². The third kappa shape index (κ3) is 4.42. The summed E-state index contributed by atoms with van der Waals surface area (Å²) in [4.78, 5) is 23.2. The third-order valence-electron chi connectivity index (χ3n) is 4.91. The number of ether oxygens (including phenoxy) is 1. The van der Waals surface area contributed by atoms with Crippen LogP contribution in [0.2, 0.25) is 0 Å². The summed E-state index contributed by atoms with van der Waals surface area (Å²) >= 11 is 0. The maximum Gasteiger partial charge on any atom is 0.302 e. The molecule has 1 unspecified atom stereocenters. The van der Waals surface area contributed by atoms with E-state index in [4.69, 9.17) is 26.4 Å². The Bertz CT molecular complexity index is 928. The van der Waals surface area contributed by atoms with E-state index in [0.29, 0.717) is 18.9 Å². The lowest BCUT2D eigenvalue weighted by atomic mass is 9.95. The van der Waals surface area contributed by atoms with Gasteiger partial charge in [-0.3, -0.25) is 9.80 Å². The summed E-state index contributed by atoms with van der Waals surface area (Å²) in [7, 11) is 1.69. The number of nitrogens with two attached hydrogens (primary N) is 2. The molecule has 2 aromatic heterocycles. The Balaban J connectivity index is 2.04. The van der Waals surface area contributed by atoms with Gasteiger partial charge in [0.05, 0.1) is 18.5 Å². The van der Waals surface area contributed by atoms with E-state index >= 15 is 0 Å². The number of hydrogen-bond acceptors (Lipinski definition) is 8. The number of rotatable bonds is 4. The van der Waals surface area contributed by atoms with Crippen LogP contribution in [0.3, 0.4) is 0 Å². The molecule has 3 heterocycles. The molecular formula is C19H30N8O2. The quantitative estimate of drug-likeness (QED) is 0.254. The van der Waals surface area contributed by atoms with Crippen molar-refractivity contribution in [2.45, 2.75) is 52.2 Å². The maximum atomic E-state index is 11.3. The number of hydrogen-bond donors (Lipinski definition) is 2. The molecule has 10 heteroatoms. The van der Waals surface area contributed by atoms with Crippen LogP contribution >= 0.6 is 0 Å². The minimum Gasteiger partial charge on any atom is -0.461 e. The number of fused-ring (bicyclic) bond motifs is 1. The van der Waals surface area contributed by atoms with Crippen LogP contribution in [0.5, 0.6) is 0 Å². The fourth-order valence-corrected chi connectivity index (χ4v) is 3.40. The van der Waals surface area contributed by atoms with Crippen LogP contribution in [-0.2, 0) is 21.5 Å². The third-order valence-corrected chi connectivity index (χ3v) is 4.91. The van der Waals surface area contributed by atoms with Gasteiger partial charge in [-0.1, -0.05) is 20.8 Å². The summed E-state index contributed by atoms with van der Waals surface area (Å²) in [5.74, 6) is 13.2. The van der Waals surface area contributed by atoms with E-state index in [-0.39, 0.29) is 17.5 Å². The first-order valence-electron chi connectivity index (χ1n) is 9.65. The Morgan fingerprint density at radius 1 is 1.41 bits per heavy atom. The Labute approximate surface area is 170 Å². The lowest BCUT2D eigenvalue weighted by Gasteiger charge is -2.23. The fourth-order valence-electron chi connectivity index (χ4n) is 3.40. The molecule has 29 heavy (non-hydrogen) atoms. The number of likely N-dealkylation sites (N-methyl/N-ethyl adjacent to an activating group) is 1. The van der Waals surface area contributed by atoms with Crippen molar-refractivity contribution in [3.8, 4) is 0 Å². The van der Waals surface area contributed by atoms with E-state index in [0.717, 1.165) is 35.6 Å². The standard InChI is InChI=1S/C19H30N8O2/c1-12(28)29-13-6-8-26(10-13)16-14-7-9-27(11-15(24-20)25(5)21)17(14)23-18(22-16)19(2,3)4/h7,9,13H,6,8,10-11,20-21H2,1-5H3/b24-15-. The molecule has 1 aliphatic rings. The number of hydrazone groups is 1. The number of carbonyl (C=O) groups is 1. The number of amidine groups is 1. The molecule has 0 aliphatic carbocycles. The smallest absolute Gasteiger partial charge is 0.302 e. The fraction of sp³-hybridized carbons (Fsp3) is 0.579. The van der Waals surface area contributed by atoms with Gasteiger partial charge in [0.25, 0.3) is 0 Å². The molecule has 1 fully saturated rings. The summed E-state index contributed by atoms with van der Waals surface area (Å²) in [5.41, 5.74) is 0.557. The highest BCUT2D eigenvalue weighted by atomic mass is 16.5. The van der Waals surface area contributed by atoms with Gasteiger partial charge < -0.3 is 20.0 Å². The Kier molecular flexibility index (Phi) is 5.65. The molecule has 1 atom stereocenters. The van der Waals surface area contributed by atoms with Gasteiger partial charge in [-0.05, 0) is 6.07 Å². The number of aromatic nitrogens is 3. The number of nitrogens with zero attached hydrogens (tertiary/aromatic N) is 6. The van der Waals surface area contributed by atoms with Crippen molar-refractivity contribution in [1.29, 1.82) is 0 Å². The van der Waals surface area contributed by atoms with Gasteiger partial charge in [-0.2, -0.15) is 5.10 Å². The minimum absolute atomic E-state index is 0.125. The average Bonchev–Trinajstić information content (AvgIpc) is 3.24. The van der Waals surface area contributed by atoms with Gasteiger partial charge in [0.2, 0.25) is 0 Å².